The third-order valence-corrected chi connectivity index (χ3v) is 13.4. The molecule has 3 aromatic carbocycles. The summed E-state index contributed by atoms with van der Waals surface area (Å²) in [5.74, 6) is -5.16. The lowest BCUT2D eigenvalue weighted by molar-refractivity contribution is -0.140. The van der Waals surface area contributed by atoms with Gasteiger partial charge < -0.3 is 67.5 Å². The molecule has 28 heteroatoms. The molecule has 0 radical (unpaired) electrons. The Labute approximate surface area is 500 Å². The molecule has 28 nitrogen and oxygen atoms in total. The molecule has 472 valence electrons. The normalized spacial score (nSPS) is 14.6. The molecular formula is C58H85N13O15. The molecule has 1 fully saturated rings. The second kappa shape index (κ2) is 40.0. The Morgan fingerprint density at radius 3 is 1.76 bits per heavy atom. The van der Waals surface area contributed by atoms with Crippen LogP contribution in [0.15, 0.2) is 83.9 Å². The first-order valence-electron chi connectivity index (χ1n) is 28.8. The van der Waals surface area contributed by atoms with Gasteiger partial charge in [0.05, 0.1) is 51.9 Å². The zero-order valence-corrected chi connectivity index (χ0v) is 48.8. The van der Waals surface area contributed by atoms with Crippen LogP contribution in [0.2, 0.25) is 0 Å². The number of nitrogens with two attached hydrogens (primary N) is 1. The van der Waals surface area contributed by atoms with Crippen molar-refractivity contribution in [3.05, 3.63) is 95.6 Å². The summed E-state index contributed by atoms with van der Waals surface area (Å²) in [5.41, 5.74) is 7.94. The van der Waals surface area contributed by atoms with Gasteiger partial charge in [-0.3, -0.25) is 68.3 Å². The van der Waals surface area contributed by atoms with E-state index in [0.29, 0.717) is 68.8 Å². The lowest BCUT2D eigenvalue weighted by Crippen LogP contribution is -2.50. The monoisotopic (exact) mass is 1200 g/mol. The van der Waals surface area contributed by atoms with Crippen molar-refractivity contribution in [3.63, 3.8) is 0 Å². The highest BCUT2D eigenvalue weighted by atomic mass is 16.5. The number of nitrogens with zero attached hydrogens (tertiary/aromatic N) is 5. The smallest absolute Gasteiger partial charge is 0.321 e. The van der Waals surface area contributed by atoms with Gasteiger partial charge in [0, 0.05) is 104 Å². The number of carboxylic acid groups (broad SMARTS) is 3. The molecule has 2 unspecified atom stereocenters. The molecule has 0 aliphatic carbocycles. The maximum Gasteiger partial charge on any atom is 0.321 e. The Hall–Kier alpha value is -8.44. The molecule has 0 saturated carbocycles. The summed E-state index contributed by atoms with van der Waals surface area (Å²) in [7, 11) is 0. The van der Waals surface area contributed by atoms with E-state index in [2.05, 4.69) is 42.2 Å². The number of guanidine groups is 1. The SMILES string of the molecule is CCC(=O)NCCNC(=O)NC(N)=NCCCC(NC(=O)C(c1ccccc1)c1cccc(OCCCCNC(=O)CCOCCNC(=O)CN2CCN(CC(=O)O)CCN(CC(=O)O)CCN(CC(=O)O)CC2)c1)C(=O)NCc1ccc(O)cc1. The van der Waals surface area contributed by atoms with Crippen LogP contribution in [0.5, 0.6) is 11.5 Å². The number of unbranched alkanes of at least 4 members (excludes halogenated alkanes) is 1. The average molecular weight is 1200 g/mol. The third kappa shape index (κ3) is 29.9. The number of urea groups is 1. The van der Waals surface area contributed by atoms with E-state index in [1.54, 1.807) is 58.0 Å². The van der Waals surface area contributed by atoms with Crippen LogP contribution >= 0.6 is 0 Å². The Morgan fingerprint density at radius 2 is 1.15 bits per heavy atom. The van der Waals surface area contributed by atoms with Crippen molar-refractivity contribution in [2.45, 2.75) is 64.0 Å². The number of amides is 7. The Kier molecular flexibility index (Phi) is 32.6. The van der Waals surface area contributed by atoms with Gasteiger partial charge in [-0.2, -0.15) is 0 Å². The number of ether oxygens (including phenoxy) is 2. The summed E-state index contributed by atoms with van der Waals surface area (Å²) >= 11 is 0. The topological polar surface area (TPSA) is 389 Å². The third-order valence-electron chi connectivity index (χ3n) is 13.4. The second-order valence-corrected chi connectivity index (χ2v) is 20.3. The highest BCUT2D eigenvalue weighted by molar-refractivity contribution is 5.95. The van der Waals surface area contributed by atoms with Gasteiger partial charge in [-0.25, -0.2) is 4.79 Å². The molecule has 1 heterocycles. The minimum atomic E-state index is -1.05. The highest BCUT2D eigenvalue weighted by Crippen LogP contribution is 2.28. The van der Waals surface area contributed by atoms with Gasteiger partial charge in [-0.15, -0.1) is 0 Å². The van der Waals surface area contributed by atoms with Crippen LogP contribution < -0.4 is 47.7 Å². The molecular weight excluding hydrogens is 1120 g/mol. The average Bonchev–Trinajstić information content (AvgIpc) is 1.84. The van der Waals surface area contributed by atoms with Crippen LogP contribution in [0.25, 0.3) is 0 Å². The van der Waals surface area contributed by atoms with E-state index >= 15 is 0 Å². The van der Waals surface area contributed by atoms with Crippen molar-refractivity contribution in [2.75, 3.05) is 131 Å². The minimum absolute atomic E-state index is 0.0394. The van der Waals surface area contributed by atoms with Gasteiger partial charge in [0.25, 0.3) is 0 Å². The van der Waals surface area contributed by atoms with E-state index in [0.717, 1.165) is 5.56 Å². The number of carboxylic acids is 3. The van der Waals surface area contributed by atoms with E-state index in [1.807, 2.05) is 35.2 Å². The van der Waals surface area contributed by atoms with Crippen LogP contribution in [-0.4, -0.2) is 237 Å². The van der Waals surface area contributed by atoms with Crippen LogP contribution in [0.4, 0.5) is 4.79 Å². The number of aliphatic carboxylic acids is 3. The minimum Gasteiger partial charge on any atom is -0.508 e. The Bertz CT molecular complexity index is 2620. The first-order chi connectivity index (χ1) is 41.4. The number of nitrogens with one attached hydrogen (secondary N) is 7. The summed E-state index contributed by atoms with van der Waals surface area (Å²) in [6.07, 6.45) is 2.05. The van der Waals surface area contributed by atoms with E-state index in [4.69, 9.17) is 15.2 Å². The number of rotatable bonds is 35. The van der Waals surface area contributed by atoms with Crippen LogP contribution in [-0.2, 0) is 49.6 Å². The van der Waals surface area contributed by atoms with Gasteiger partial charge >= 0.3 is 23.9 Å². The standard InChI is InChI=1S/C58H85N13O15/c1-2-48(73)61-22-23-64-58(84)67-57(59)63-21-9-14-47(55(82)65-37-42-15-17-45(72)18-16-42)66-56(83)54(43-10-4-3-5-11-43)44-12-8-13-46(36-44)86-33-7-6-20-60-49(74)19-34-85-35-24-62-50(75)38-68-25-27-69(39-51(76)77)29-31-71(41-53(80)81)32-30-70(28-26-68)40-52(78)79/h3-5,8,10-13,15-18,36,47,54,72H,2,6-7,9,14,19-35,37-41H2,1H3,(H,60,74)(H,61,73)(H,62,75)(H,65,82)(H,66,83)(H,76,77)(H,78,79)(H,80,81)(H4,59,63,64,67,84). The number of phenolic OH excluding ortho intramolecular Hbond substituents is 1. The van der Waals surface area contributed by atoms with E-state index < -0.39 is 47.7 Å². The van der Waals surface area contributed by atoms with Crippen LogP contribution in [0.1, 0.15) is 68.1 Å². The molecule has 7 amide bonds. The van der Waals surface area contributed by atoms with Crippen molar-refractivity contribution in [1.82, 2.24) is 56.8 Å². The van der Waals surface area contributed by atoms with Gasteiger partial charge in [0.1, 0.15) is 17.5 Å². The quantitative estimate of drug-likeness (QED) is 0.0201. The second-order valence-electron chi connectivity index (χ2n) is 20.3. The number of aromatic hydroxyl groups is 1. The maximum absolute atomic E-state index is 14.4. The predicted molar refractivity (Wildman–Crippen MR) is 317 cm³/mol. The summed E-state index contributed by atoms with van der Waals surface area (Å²) < 4.78 is 11.7. The zero-order valence-electron chi connectivity index (χ0n) is 48.8. The fraction of sp³-hybridized carbons (Fsp3) is 0.517. The Morgan fingerprint density at radius 1 is 0.581 bits per heavy atom. The van der Waals surface area contributed by atoms with E-state index in [1.165, 1.54) is 12.1 Å². The molecule has 0 bridgehead atoms. The fourth-order valence-electron chi connectivity index (χ4n) is 8.88. The number of hydrogen-bond donors (Lipinski definition) is 12. The molecule has 1 aliphatic heterocycles. The van der Waals surface area contributed by atoms with Crippen LogP contribution in [0.3, 0.4) is 0 Å². The fourth-order valence-corrected chi connectivity index (χ4v) is 8.88. The first kappa shape index (κ1) is 70.0. The Balaban J connectivity index is 1.22. The summed E-state index contributed by atoms with van der Waals surface area (Å²) in [4.78, 5) is 123. The molecule has 86 heavy (non-hydrogen) atoms. The van der Waals surface area contributed by atoms with Crippen molar-refractivity contribution in [1.29, 1.82) is 0 Å². The zero-order chi connectivity index (χ0) is 62.5. The van der Waals surface area contributed by atoms with E-state index in [9.17, 15) is 63.6 Å². The predicted octanol–water partition coefficient (Wildman–Crippen LogP) is -0.481. The molecule has 0 spiro atoms. The van der Waals surface area contributed by atoms with Crippen molar-refractivity contribution < 1.29 is 73.1 Å². The van der Waals surface area contributed by atoms with E-state index in [-0.39, 0.29) is 154 Å². The number of hydrogen-bond acceptors (Lipinski definition) is 17. The van der Waals surface area contributed by atoms with Crippen molar-refractivity contribution >= 4 is 59.4 Å². The first-order valence-corrected chi connectivity index (χ1v) is 28.8. The maximum atomic E-state index is 14.4. The number of benzene rings is 3. The van der Waals surface area contributed by atoms with Crippen molar-refractivity contribution in [2.24, 2.45) is 10.7 Å². The molecule has 1 aliphatic rings. The highest BCUT2D eigenvalue weighted by Gasteiger charge is 2.29. The number of aliphatic imine (C=N–C) groups is 1. The van der Waals surface area contributed by atoms with Crippen molar-refractivity contribution in [3.8, 4) is 11.5 Å². The van der Waals surface area contributed by atoms with Gasteiger partial charge in [-0.05, 0) is 66.6 Å². The number of carbonyl (C=O) groups is 9. The van der Waals surface area contributed by atoms with Gasteiger partial charge in [0.2, 0.25) is 29.5 Å². The molecule has 1 saturated heterocycles. The molecule has 0 aromatic heterocycles. The summed E-state index contributed by atoms with van der Waals surface area (Å²) in [6.45, 7) is 4.83. The molecule has 2 atom stereocenters. The largest absolute Gasteiger partial charge is 0.508 e. The molecule has 4 rings (SSSR count). The molecule has 13 N–H and O–H groups in total. The van der Waals surface area contributed by atoms with Gasteiger partial charge in [0.15, 0.2) is 5.96 Å². The summed E-state index contributed by atoms with van der Waals surface area (Å²) in [5, 5.41) is 57.2. The lowest BCUT2D eigenvalue weighted by atomic mass is 9.90. The summed E-state index contributed by atoms with van der Waals surface area (Å²) in [6, 6.07) is 20.9. The molecule has 3 aromatic rings. The lowest BCUT2D eigenvalue weighted by Gasteiger charge is -2.32. The van der Waals surface area contributed by atoms with Gasteiger partial charge in [-0.1, -0.05) is 61.5 Å². The number of phenols is 1. The number of carbonyl (C=O) groups excluding carboxylic acids is 6. The van der Waals surface area contributed by atoms with Crippen LogP contribution in [0, 0.1) is 0 Å².